The van der Waals surface area contributed by atoms with Crippen molar-refractivity contribution in [1.82, 2.24) is 0 Å². The summed E-state index contributed by atoms with van der Waals surface area (Å²) in [7, 11) is 3.19. The molecule has 1 heterocycles. The molecule has 1 atom stereocenters. The number of rotatable bonds is 6. The predicted octanol–water partition coefficient (Wildman–Crippen LogP) is 5.27. The van der Waals surface area contributed by atoms with Gasteiger partial charge in [0.1, 0.15) is 17.2 Å². The molecule has 0 aromatic heterocycles. The molecule has 1 aliphatic carbocycles. The average Bonchev–Trinajstić information content (AvgIpc) is 2.78. The molecule has 1 aliphatic heterocycles. The molecule has 0 bridgehead atoms. The summed E-state index contributed by atoms with van der Waals surface area (Å²) >= 11 is 0. The van der Waals surface area contributed by atoms with Crippen LogP contribution in [0.2, 0.25) is 0 Å². The van der Waals surface area contributed by atoms with Crippen molar-refractivity contribution in [2.45, 2.75) is 46.0 Å². The second-order valence-corrected chi connectivity index (χ2v) is 9.32. The molecule has 0 fully saturated rings. The molecule has 6 heteroatoms. The van der Waals surface area contributed by atoms with E-state index in [0.29, 0.717) is 36.5 Å². The zero-order valence-electron chi connectivity index (χ0n) is 19.9. The van der Waals surface area contributed by atoms with Gasteiger partial charge in [-0.1, -0.05) is 19.9 Å². The fourth-order valence-electron chi connectivity index (χ4n) is 4.94. The Morgan fingerprint density at radius 3 is 2.30 bits per heavy atom. The summed E-state index contributed by atoms with van der Waals surface area (Å²) in [6.45, 7) is 6.66. The van der Waals surface area contributed by atoms with E-state index in [0.717, 1.165) is 22.7 Å². The second kappa shape index (κ2) is 8.93. The van der Waals surface area contributed by atoms with Crippen LogP contribution in [-0.4, -0.2) is 32.5 Å². The highest BCUT2D eigenvalue weighted by atomic mass is 16.5. The minimum atomic E-state index is -0.351. The van der Waals surface area contributed by atoms with Crippen LogP contribution in [0.15, 0.2) is 53.7 Å². The first-order valence-electron chi connectivity index (χ1n) is 11.3. The van der Waals surface area contributed by atoms with Gasteiger partial charge in [-0.25, -0.2) is 0 Å². The lowest BCUT2D eigenvalue weighted by atomic mass is 9.69. The third-order valence-electron chi connectivity index (χ3n) is 6.36. The van der Waals surface area contributed by atoms with Crippen molar-refractivity contribution in [1.29, 1.82) is 0 Å². The maximum absolute atomic E-state index is 13.6. The van der Waals surface area contributed by atoms with Gasteiger partial charge in [-0.3, -0.25) is 14.5 Å². The molecule has 2 aromatic rings. The highest BCUT2D eigenvalue weighted by Gasteiger charge is 2.45. The van der Waals surface area contributed by atoms with E-state index < -0.39 is 0 Å². The maximum atomic E-state index is 13.6. The number of benzene rings is 2. The molecule has 0 saturated heterocycles. The zero-order valence-corrected chi connectivity index (χ0v) is 19.9. The van der Waals surface area contributed by atoms with E-state index in [2.05, 4.69) is 13.8 Å². The highest BCUT2D eigenvalue weighted by molar-refractivity contribution is 6.08. The van der Waals surface area contributed by atoms with Gasteiger partial charge in [-0.05, 0) is 49.1 Å². The number of methoxy groups -OCH3 is 2. The van der Waals surface area contributed by atoms with Crippen LogP contribution in [0.3, 0.4) is 0 Å². The number of anilines is 1. The number of ether oxygens (including phenoxy) is 3. The first-order valence-corrected chi connectivity index (χ1v) is 11.3. The second-order valence-electron chi connectivity index (χ2n) is 9.32. The van der Waals surface area contributed by atoms with Gasteiger partial charge in [0.15, 0.2) is 5.78 Å². The summed E-state index contributed by atoms with van der Waals surface area (Å²) < 4.78 is 16.5. The SMILES string of the molecule is CCOc1ccc(N2C(=O)CC(c3ccc(OC)cc3OC)C3=C2CC(C)(C)CC3=O)cc1. The predicted molar refractivity (Wildman–Crippen MR) is 127 cm³/mol. The van der Waals surface area contributed by atoms with Crippen LogP contribution in [-0.2, 0) is 9.59 Å². The normalized spacial score (nSPS) is 19.9. The van der Waals surface area contributed by atoms with Gasteiger partial charge in [0.25, 0.3) is 0 Å². The molecule has 0 saturated carbocycles. The van der Waals surface area contributed by atoms with Gasteiger partial charge in [0.05, 0.1) is 20.8 Å². The highest BCUT2D eigenvalue weighted by Crippen LogP contribution is 2.49. The Hall–Kier alpha value is -3.28. The summed E-state index contributed by atoms with van der Waals surface area (Å²) in [5, 5.41) is 0. The Morgan fingerprint density at radius 2 is 1.67 bits per heavy atom. The summed E-state index contributed by atoms with van der Waals surface area (Å²) in [5.41, 5.74) is 2.86. The summed E-state index contributed by atoms with van der Waals surface area (Å²) in [6, 6.07) is 13.0. The number of allylic oxidation sites excluding steroid dienone is 2. The van der Waals surface area contributed by atoms with Crippen molar-refractivity contribution in [2.24, 2.45) is 5.41 Å². The molecule has 4 rings (SSSR count). The van der Waals surface area contributed by atoms with Gasteiger partial charge in [-0.15, -0.1) is 0 Å². The quantitative estimate of drug-likeness (QED) is 0.601. The Bertz CT molecular complexity index is 1100. The number of Topliss-reactive ketones (excluding diaryl/α,β-unsaturated/α-hetero) is 1. The van der Waals surface area contributed by atoms with Crippen molar-refractivity contribution in [2.75, 3.05) is 25.7 Å². The molecule has 0 radical (unpaired) electrons. The first kappa shape index (κ1) is 22.9. The largest absolute Gasteiger partial charge is 0.497 e. The van der Waals surface area contributed by atoms with Crippen molar-refractivity contribution in [3.05, 3.63) is 59.3 Å². The average molecular weight is 450 g/mol. The van der Waals surface area contributed by atoms with E-state index in [9.17, 15) is 9.59 Å². The molecule has 2 aliphatic rings. The Labute approximate surface area is 195 Å². The van der Waals surface area contributed by atoms with E-state index in [4.69, 9.17) is 14.2 Å². The number of carbonyl (C=O) groups is 2. The summed E-state index contributed by atoms with van der Waals surface area (Å²) in [5.74, 6) is 1.74. The molecule has 6 nitrogen and oxygen atoms in total. The number of hydrogen-bond acceptors (Lipinski definition) is 5. The molecular weight excluding hydrogens is 418 g/mol. The zero-order chi connectivity index (χ0) is 23.8. The molecule has 0 N–H and O–H groups in total. The van der Waals surface area contributed by atoms with Gasteiger partial charge in [0.2, 0.25) is 5.91 Å². The van der Waals surface area contributed by atoms with E-state index in [-0.39, 0.29) is 29.4 Å². The van der Waals surface area contributed by atoms with Crippen molar-refractivity contribution < 1.29 is 23.8 Å². The molecule has 2 aromatic carbocycles. The molecular formula is C27H31NO5. The first-order chi connectivity index (χ1) is 15.8. The van der Waals surface area contributed by atoms with E-state index in [1.165, 1.54) is 0 Å². The van der Waals surface area contributed by atoms with Gasteiger partial charge < -0.3 is 14.2 Å². The standard InChI is InChI=1S/C27H31NO5/c1-6-33-18-9-7-17(8-10-18)28-22-15-27(2,3)16-23(29)26(22)21(14-25(28)30)20-12-11-19(31-4)13-24(20)32-5/h7-13,21H,6,14-16H2,1-5H3. The molecule has 1 amide bonds. The van der Waals surface area contributed by atoms with Gasteiger partial charge in [0, 0.05) is 47.3 Å². The Balaban J connectivity index is 1.85. The van der Waals surface area contributed by atoms with E-state index in [1.54, 1.807) is 25.2 Å². The maximum Gasteiger partial charge on any atom is 0.232 e. The number of nitrogens with zero attached hydrogens (tertiary/aromatic N) is 1. The fraction of sp³-hybridized carbons (Fsp3) is 0.407. The smallest absolute Gasteiger partial charge is 0.232 e. The monoisotopic (exact) mass is 449 g/mol. The topological polar surface area (TPSA) is 65.1 Å². The molecule has 33 heavy (non-hydrogen) atoms. The summed E-state index contributed by atoms with van der Waals surface area (Å²) in [6.07, 6.45) is 1.29. The van der Waals surface area contributed by atoms with Crippen LogP contribution >= 0.6 is 0 Å². The van der Waals surface area contributed by atoms with Gasteiger partial charge in [-0.2, -0.15) is 0 Å². The minimum absolute atomic E-state index is 0.0359. The summed E-state index contributed by atoms with van der Waals surface area (Å²) in [4.78, 5) is 28.8. The Morgan fingerprint density at radius 1 is 0.970 bits per heavy atom. The number of ketones is 1. The lowest BCUT2D eigenvalue weighted by Gasteiger charge is -2.43. The molecule has 174 valence electrons. The van der Waals surface area contributed by atoms with Crippen LogP contribution in [0.25, 0.3) is 0 Å². The van der Waals surface area contributed by atoms with Crippen LogP contribution in [0, 0.1) is 5.41 Å². The lowest BCUT2D eigenvalue weighted by molar-refractivity contribution is -0.121. The van der Waals surface area contributed by atoms with Crippen LogP contribution in [0.5, 0.6) is 17.2 Å². The number of hydrogen-bond donors (Lipinski definition) is 0. The van der Waals surface area contributed by atoms with Crippen molar-refractivity contribution >= 4 is 17.4 Å². The molecule has 1 unspecified atom stereocenters. The van der Waals surface area contributed by atoms with Gasteiger partial charge >= 0.3 is 0 Å². The molecule has 0 spiro atoms. The van der Waals surface area contributed by atoms with Crippen molar-refractivity contribution in [3.63, 3.8) is 0 Å². The minimum Gasteiger partial charge on any atom is -0.497 e. The van der Waals surface area contributed by atoms with E-state index >= 15 is 0 Å². The van der Waals surface area contributed by atoms with E-state index in [1.807, 2.05) is 43.3 Å². The fourth-order valence-corrected chi connectivity index (χ4v) is 4.94. The lowest BCUT2D eigenvalue weighted by Crippen LogP contribution is -2.43. The van der Waals surface area contributed by atoms with Crippen LogP contribution < -0.4 is 19.1 Å². The van der Waals surface area contributed by atoms with Crippen LogP contribution in [0.1, 0.15) is 51.5 Å². The third kappa shape index (κ3) is 4.34. The third-order valence-corrected chi connectivity index (χ3v) is 6.36. The van der Waals surface area contributed by atoms with Crippen LogP contribution in [0.4, 0.5) is 5.69 Å². The number of amides is 1. The van der Waals surface area contributed by atoms with Crippen molar-refractivity contribution in [3.8, 4) is 17.2 Å². The number of carbonyl (C=O) groups excluding carboxylic acids is 2. The Kier molecular flexibility index (Phi) is 6.19.